The molecule has 0 heterocycles. The highest BCUT2D eigenvalue weighted by Gasteiger charge is 2.23. The molecule has 0 bridgehead atoms. The molecule has 0 spiro atoms. The Morgan fingerprint density at radius 3 is 2.31 bits per heavy atom. The first-order chi connectivity index (χ1) is 7.81. The van der Waals surface area contributed by atoms with E-state index in [-0.39, 0.29) is 5.82 Å². The molecule has 1 fully saturated rings. The Hall–Kier alpha value is -0.890. The van der Waals surface area contributed by atoms with Crippen molar-refractivity contribution in [1.29, 1.82) is 0 Å². The summed E-state index contributed by atoms with van der Waals surface area (Å²) in [5.41, 5.74) is 7.08. The van der Waals surface area contributed by atoms with E-state index in [1.807, 2.05) is 12.1 Å². The molecule has 0 aliphatic heterocycles. The quantitative estimate of drug-likeness (QED) is 0.831. The minimum absolute atomic E-state index is 0.164. The molecule has 88 valence electrons. The Morgan fingerprint density at radius 1 is 1.12 bits per heavy atom. The Labute approximate surface area is 96.9 Å². The Bertz CT molecular complexity index is 314. The lowest BCUT2D eigenvalue weighted by atomic mass is 9.77. The van der Waals surface area contributed by atoms with Gasteiger partial charge in [0.25, 0.3) is 0 Å². The average molecular weight is 221 g/mol. The van der Waals surface area contributed by atoms with E-state index in [9.17, 15) is 4.39 Å². The average Bonchev–Trinajstić information content (AvgIpc) is 2.34. The fourth-order valence-corrected chi connectivity index (χ4v) is 2.85. The van der Waals surface area contributed by atoms with Gasteiger partial charge in [-0.2, -0.15) is 0 Å². The van der Waals surface area contributed by atoms with Gasteiger partial charge < -0.3 is 5.73 Å². The number of halogens is 1. The summed E-state index contributed by atoms with van der Waals surface area (Å²) in [5, 5.41) is 0. The second-order valence-electron chi connectivity index (χ2n) is 4.79. The predicted molar refractivity (Wildman–Crippen MR) is 64.8 cm³/mol. The topological polar surface area (TPSA) is 26.0 Å². The van der Waals surface area contributed by atoms with E-state index < -0.39 is 0 Å². The summed E-state index contributed by atoms with van der Waals surface area (Å²) in [6, 6.07) is 6.87. The first-order valence-corrected chi connectivity index (χ1v) is 6.27. The lowest BCUT2D eigenvalue weighted by Gasteiger charge is -2.29. The molecule has 1 saturated carbocycles. The van der Waals surface area contributed by atoms with Crippen molar-refractivity contribution in [2.75, 3.05) is 6.54 Å². The Morgan fingerprint density at radius 2 is 1.75 bits per heavy atom. The molecule has 1 aromatic rings. The van der Waals surface area contributed by atoms with E-state index in [1.165, 1.54) is 37.7 Å². The van der Waals surface area contributed by atoms with Crippen LogP contribution in [0.25, 0.3) is 0 Å². The Kier molecular flexibility index (Phi) is 3.94. The van der Waals surface area contributed by atoms with Crippen LogP contribution in [0.15, 0.2) is 24.3 Å². The third-order valence-electron chi connectivity index (χ3n) is 3.77. The van der Waals surface area contributed by atoms with Crippen molar-refractivity contribution in [2.24, 2.45) is 11.7 Å². The van der Waals surface area contributed by atoms with Crippen LogP contribution in [-0.4, -0.2) is 6.54 Å². The first kappa shape index (κ1) is 11.6. The van der Waals surface area contributed by atoms with Crippen LogP contribution < -0.4 is 5.73 Å². The van der Waals surface area contributed by atoms with Crippen molar-refractivity contribution < 1.29 is 4.39 Å². The van der Waals surface area contributed by atoms with E-state index in [2.05, 4.69) is 0 Å². The lowest BCUT2D eigenvalue weighted by Crippen LogP contribution is -2.23. The zero-order valence-electron chi connectivity index (χ0n) is 9.66. The molecule has 1 aliphatic carbocycles. The summed E-state index contributed by atoms with van der Waals surface area (Å²) in [6.07, 6.45) is 6.56. The van der Waals surface area contributed by atoms with Crippen LogP contribution >= 0.6 is 0 Å². The van der Waals surface area contributed by atoms with Crippen LogP contribution in [0.4, 0.5) is 4.39 Å². The van der Waals surface area contributed by atoms with Crippen molar-refractivity contribution in [2.45, 2.75) is 38.0 Å². The highest BCUT2D eigenvalue weighted by atomic mass is 19.1. The molecule has 0 radical (unpaired) electrons. The van der Waals surface area contributed by atoms with Crippen LogP contribution in [0, 0.1) is 11.7 Å². The third-order valence-corrected chi connectivity index (χ3v) is 3.77. The van der Waals surface area contributed by atoms with Crippen molar-refractivity contribution in [3.05, 3.63) is 35.6 Å². The number of hydrogen-bond acceptors (Lipinski definition) is 1. The molecule has 16 heavy (non-hydrogen) atoms. The zero-order valence-corrected chi connectivity index (χ0v) is 9.66. The van der Waals surface area contributed by atoms with E-state index in [4.69, 9.17) is 5.73 Å². The molecule has 0 saturated heterocycles. The molecule has 0 amide bonds. The van der Waals surface area contributed by atoms with E-state index in [1.54, 1.807) is 12.1 Å². The standard InChI is InChI=1S/C14H20FN/c15-13-8-6-12(7-9-13)14(10-16)11-4-2-1-3-5-11/h6-9,11,14H,1-5,10,16H2/t14-/m0/s1. The lowest BCUT2D eigenvalue weighted by molar-refractivity contribution is 0.307. The molecule has 1 atom stereocenters. The van der Waals surface area contributed by atoms with Gasteiger partial charge >= 0.3 is 0 Å². The molecule has 0 aromatic heterocycles. The summed E-state index contributed by atoms with van der Waals surface area (Å²) in [5.74, 6) is 0.952. The molecular weight excluding hydrogens is 201 g/mol. The van der Waals surface area contributed by atoms with Crippen LogP contribution in [0.2, 0.25) is 0 Å². The summed E-state index contributed by atoms with van der Waals surface area (Å²) < 4.78 is 12.9. The second kappa shape index (κ2) is 5.44. The molecule has 1 nitrogen and oxygen atoms in total. The fraction of sp³-hybridized carbons (Fsp3) is 0.571. The smallest absolute Gasteiger partial charge is 0.123 e. The van der Waals surface area contributed by atoms with E-state index >= 15 is 0 Å². The summed E-state index contributed by atoms with van der Waals surface area (Å²) in [6.45, 7) is 0.677. The maximum absolute atomic E-state index is 12.9. The molecule has 2 rings (SSSR count). The molecule has 1 aliphatic rings. The van der Waals surface area contributed by atoms with E-state index in [0.29, 0.717) is 18.4 Å². The van der Waals surface area contributed by atoms with Gasteiger partial charge in [-0.25, -0.2) is 4.39 Å². The van der Waals surface area contributed by atoms with Gasteiger partial charge in [-0.1, -0.05) is 31.4 Å². The highest BCUT2D eigenvalue weighted by molar-refractivity contribution is 5.21. The Balaban J connectivity index is 2.11. The van der Waals surface area contributed by atoms with Gasteiger partial charge in [-0.3, -0.25) is 0 Å². The van der Waals surface area contributed by atoms with Crippen molar-refractivity contribution in [1.82, 2.24) is 0 Å². The molecule has 0 unspecified atom stereocenters. The molecular formula is C14H20FN. The minimum Gasteiger partial charge on any atom is -0.330 e. The number of benzene rings is 1. The monoisotopic (exact) mass is 221 g/mol. The number of nitrogens with two attached hydrogens (primary N) is 1. The van der Waals surface area contributed by atoms with Gasteiger partial charge in [-0.05, 0) is 48.9 Å². The van der Waals surface area contributed by atoms with Gasteiger partial charge in [-0.15, -0.1) is 0 Å². The molecule has 2 N–H and O–H groups in total. The van der Waals surface area contributed by atoms with Crippen LogP contribution in [0.5, 0.6) is 0 Å². The summed E-state index contributed by atoms with van der Waals surface area (Å²) in [7, 11) is 0. The highest BCUT2D eigenvalue weighted by Crippen LogP contribution is 2.35. The third kappa shape index (κ3) is 2.62. The normalized spacial score (nSPS) is 19.6. The fourth-order valence-electron chi connectivity index (χ4n) is 2.85. The van der Waals surface area contributed by atoms with Crippen LogP contribution in [0.3, 0.4) is 0 Å². The number of hydrogen-bond donors (Lipinski definition) is 1. The van der Waals surface area contributed by atoms with Crippen LogP contribution in [-0.2, 0) is 0 Å². The first-order valence-electron chi connectivity index (χ1n) is 6.27. The number of rotatable bonds is 3. The van der Waals surface area contributed by atoms with Gasteiger partial charge in [0, 0.05) is 0 Å². The van der Waals surface area contributed by atoms with Gasteiger partial charge in [0.05, 0.1) is 0 Å². The SMILES string of the molecule is NC[C@H](c1ccc(F)cc1)C1CCCCC1. The van der Waals surface area contributed by atoms with Crippen molar-refractivity contribution >= 4 is 0 Å². The summed E-state index contributed by atoms with van der Waals surface area (Å²) >= 11 is 0. The van der Waals surface area contributed by atoms with Gasteiger partial charge in [0.1, 0.15) is 5.82 Å². The minimum atomic E-state index is -0.164. The predicted octanol–water partition coefficient (Wildman–Crippen LogP) is 3.45. The maximum Gasteiger partial charge on any atom is 0.123 e. The van der Waals surface area contributed by atoms with E-state index in [0.717, 1.165) is 0 Å². The van der Waals surface area contributed by atoms with Crippen molar-refractivity contribution in [3.63, 3.8) is 0 Å². The summed E-state index contributed by atoms with van der Waals surface area (Å²) in [4.78, 5) is 0. The zero-order chi connectivity index (χ0) is 11.4. The van der Waals surface area contributed by atoms with Gasteiger partial charge in [0.15, 0.2) is 0 Å². The largest absolute Gasteiger partial charge is 0.330 e. The molecule has 1 aromatic carbocycles. The van der Waals surface area contributed by atoms with Gasteiger partial charge in [0.2, 0.25) is 0 Å². The van der Waals surface area contributed by atoms with Crippen molar-refractivity contribution in [3.8, 4) is 0 Å². The van der Waals surface area contributed by atoms with Crippen LogP contribution in [0.1, 0.15) is 43.6 Å². The second-order valence-corrected chi connectivity index (χ2v) is 4.79. The maximum atomic E-state index is 12.9. The molecule has 2 heteroatoms.